The van der Waals surface area contributed by atoms with E-state index in [1.54, 1.807) is 0 Å². The van der Waals surface area contributed by atoms with Gasteiger partial charge in [-0.25, -0.2) is 0 Å². The molecule has 0 unspecified atom stereocenters. The van der Waals surface area contributed by atoms with Crippen molar-refractivity contribution in [3.63, 3.8) is 0 Å². The zero-order valence-corrected chi connectivity index (χ0v) is 11.3. The molecule has 0 saturated carbocycles. The Labute approximate surface area is 101 Å². The maximum atomic E-state index is 6.33. The number of nitrogens with two attached hydrogens (primary N) is 1. The Morgan fingerprint density at radius 2 is 1.75 bits per heavy atom. The summed E-state index contributed by atoms with van der Waals surface area (Å²) in [6, 6.07) is 0. The maximum absolute atomic E-state index is 6.33. The standard InChI is InChI=1S/C13H29N3/c1-4-13(14,5-2)12-15(3)10-11-16-8-6-7-9-16/h4-12,14H2,1-3H3. The average molecular weight is 227 g/mol. The molecule has 0 bridgehead atoms. The molecule has 3 heteroatoms. The van der Waals surface area contributed by atoms with Crippen LogP contribution in [-0.4, -0.2) is 55.1 Å². The van der Waals surface area contributed by atoms with Gasteiger partial charge in [0.25, 0.3) is 0 Å². The number of nitrogens with zero attached hydrogens (tertiary/aromatic N) is 2. The molecule has 96 valence electrons. The number of likely N-dealkylation sites (tertiary alicyclic amines) is 1. The molecule has 1 aliphatic heterocycles. The topological polar surface area (TPSA) is 32.5 Å². The molecule has 0 aromatic rings. The smallest absolute Gasteiger partial charge is 0.0278 e. The fourth-order valence-electron chi connectivity index (χ4n) is 2.41. The minimum absolute atomic E-state index is 0.0137. The number of likely N-dealkylation sites (N-methyl/N-ethyl adjacent to an activating group) is 1. The minimum atomic E-state index is 0.0137. The maximum Gasteiger partial charge on any atom is 0.0278 e. The molecule has 0 spiro atoms. The van der Waals surface area contributed by atoms with Crippen LogP contribution in [0, 0.1) is 0 Å². The van der Waals surface area contributed by atoms with Crippen LogP contribution in [0.2, 0.25) is 0 Å². The second-order valence-electron chi connectivity index (χ2n) is 5.36. The van der Waals surface area contributed by atoms with Gasteiger partial charge in [-0.1, -0.05) is 13.8 Å². The molecular weight excluding hydrogens is 198 g/mol. The lowest BCUT2D eigenvalue weighted by Gasteiger charge is -2.32. The quantitative estimate of drug-likeness (QED) is 0.716. The third-order valence-corrected chi connectivity index (χ3v) is 3.99. The highest BCUT2D eigenvalue weighted by molar-refractivity contribution is 4.84. The van der Waals surface area contributed by atoms with Crippen molar-refractivity contribution in [3.8, 4) is 0 Å². The predicted molar refractivity (Wildman–Crippen MR) is 70.7 cm³/mol. The first-order valence-electron chi connectivity index (χ1n) is 6.79. The Balaban J connectivity index is 2.21. The summed E-state index contributed by atoms with van der Waals surface area (Å²) >= 11 is 0. The van der Waals surface area contributed by atoms with Crippen molar-refractivity contribution in [2.45, 2.75) is 45.1 Å². The SMILES string of the molecule is CCC(N)(CC)CN(C)CCN1CCCC1. The molecule has 0 amide bonds. The monoisotopic (exact) mass is 227 g/mol. The van der Waals surface area contributed by atoms with Crippen LogP contribution in [0.3, 0.4) is 0 Å². The van der Waals surface area contributed by atoms with Gasteiger partial charge in [0, 0.05) is 25.2 Å². The van der Waals surface area contributed by atoms with Crippen molar-refractivity contribution in [1.29, 1.82) is 0 Å². The lowest BCUT2D eigenvalue weighted by molar-refractivity contribution is 0.206. The van der Waals surface area contributed by atoms with Gasteiger partial charge in [0.15, 0.2) is 0 Å². The van der Waals surface area contributed by atoms with E-state index >= 15 is 0 Å². The van der Waals surface area contributed by atoms with Gasteiger partial charge in [-0.05, 0) is 45.8 Å². The molecule has 16 heavy (non-hydrogen) atoms. The van der Waals surface area contributed by atoms with Crippen molar-refractivity contribution in [1.82, 2.24) is 9.80 Å². The molecule has 1 saturated heterocycles. The largest absolute Gasteiger partial charge is 0.324 e. The van der Waals surface area contributed by atoms with Crippen LogP contribution in [-0.2, 0) is 0 Å². The average Bonchev–Trinajstić information content (AvgIpc) is 2.79. The van der Waals surface area contributed by atoms with E-state index in [-0.39, 0.29) is 5.54 Å². The normalized spacial score (nSPS) is 18.6. The first-order chi connectivity index (χ1) is 7.59. The van der Waals surface area contributed by atoms with E-state index in [1.807, 2.05) is 0 Å². The first kappa shape index (κ1) is 13.9. The minimum Gasteiger partial charge on any atom is -0.324 e. The summed E-state index contributed by atoms with van der Waals surface area (Å²) in [5.41, 5.74) is 6.34. The summed E-state index contributed by atoms with van der Waals surface area (Å²) in [5, 5.41) is 0. The van der Waals surface area contributed by atoms with Gasteiger partial charge in [0.1, 0.15) is 0 Å². The van der Waals surface area contributed by atoms with E-state index in [2.05, 4.69) is 30.7 Å². The lowest BCUT2D eigenvalue weighted by atomic mass is 9.94. The highest BCUT2D eigenvalue weighted by atomic mass is 15.2. The molecule has 3 nitrogen and oxygen atoms in total. The van der Waals surface area contributed by atoms with E-state index in [4.69, 9.17) is 5.73 Å². The molecule has 1 rings (SSSR count). The molecule has 2 N–H and O–H groups in total. The second kappa shape index (κ2) is 6.58. The van der Waals surface area contributed by atoms with Crippen molar-refractivity contribution in [2.24, 2.45) is 5.73 Å². The summed E-state index contributed by atoms with van der Waals surface area (Å²) in [5.74, 6) is 0. The van der Waals surface area contributed by atoms with Crippen LogP contribution in [0.15, 0.2) is 0 Å². The molecule has 1 heterocycles. The summed E-state index contributed by atoms with van der Waals surface area (Å²) in [6.45, 7) is 10.4. The molecule has 1 aliphatic rings. The van der Waals surface area contributed by atoms with Gasteiger partial charge in [-0.15, -0.1) is 0 Å². The first-order valence-corrected chi connectivity index (χ1v) is 6.79. The Morgan fingerprint density at radius 3 is 2.25 bits per heavy atom. The van der Waals surface area contributed by atoms with Crippen molar-refractivity contribution < 1.29 is 0 Å². The van der Waals surface area contributed by atoms with Crippen molar-refractivity contribution >= 4 is 0 Å². The fourth-order valence-corrected chi connectivity index (χ4v) is 2.41. The van der Waals surface area contributed by atoms with Crippen LogP contribution >= 0.6 is 0 Å². The Morgan fingerprint density at radius 1 is 1.19 bits per heavy atom. The number of hydrogen-bond donors (Lipinski definition) is 1. The third-order valence-electron chi connectivity index (χ3n) is 3.99. The van der Waals surface area contributed by atoms with Crippen LogP contribution in [0.4, 0.5) is 0 Å². The van der Waals surface area contributed by atoms with Gasteiger partial charge < -0.3 is 15.5 Å². The summed E-state index contributed by atoms with van der Waals surface area (Å²) in [6.07, 6.45) is 4.90. The lowest BCUT2D eigenvalue weighted by Crippen LogP contribution is -2.49. The molecule has 0 atom stereocenters. The number of rotatable bonds is 7. The molecular formula is C13H29N3. The van der Waals surface area contributed by atoms with Gasteiger partial charge in [0.05, 0.1) is 0 Å². The summed E-state index contributed by atoms with van der Waals surface area (Å²) in [7, 11) is 2.20. The molecule has 0 aliphatic carbocycles. The van der Waals surface area contributed by atoms with Gasteiger partial charge in [0.2, 0.25) is 0 Å². The molecule has 0 aromatic carbocycles. The van der Waals surface area contributed by atoms with Gasteiger partial charge in [-0.2, -0.15) is 0 Å². The van der Waals surface area contributed by atoms with Crippen LogP contribution in [0.25, 0.3) is 0 Å². The van der Waals surface area contributed by atoms with Gasteiger partial charge >= 0.3 is 0 Å². The Kier molecular flexibility index (Phi) is 5.73. The van der Waals surface area contributed by atoms with Crippen LogP contribution < -0.4 is 5.73 Å². The third kappa shape index (κ3) is 4.40. The van der Waals surface area contributed by atoms with E-state index in [1.165, 1.54) is 32.5 Å². The Hall–Kier alpha value is -0.120. The van der Waals surface area contributed by atoms with E-state index < -0.39 is 0 Å². The summed E-state index contributed by atoms with van der Waals surface area (Å²) in [4.78, 5) is 4.96. The van der Waals surface area contributed by atoms with Crippen molar-refractivity contribution in [2.75, 3.05) is 39.8 Å². The fraction of sp³-hybridized carbons (Fsp3) is 1.00. The molecule has 0 aromatic heterocycles. The highest BCUT2D eigenvalue weighted by Gasteiger charge is 2.22. The Bertz CT molecular complexity index is 184. The van der Waals surface area contributed by atoms with Gasteiger partial charge in [-0.3, -0.25) is 0 Å². The zero-order valence-electron chi connectivity index (χ0n) is 11.3. The van der Waals surface area contributed by atoms with E-state index in [9.17, 15) is 0 Å². The number of hydrogen-bond acceptors (Lipinski definition) is 3. The highest BCUT2D eigenvalue weighted by Crippen LogP contribution is 2.13. The predicted octanol–water partition coefficient (Wildman–Crippen LogP) is 1.53. The van der Waals surface area contributed by atoms with Crippen molar-refractivity contribution in [3.05, 3.63) is 0 Å². The molecule has 0 radical (unpaired) electrons. The summed E-state index contributed by atoms with van der Waals surface area (Å²) < 4.78 is 0. The zero-order chi connectivity index (χ0) is 12.0. The van der Waals surface area contributed by atoms with E-state index in [0.29, 0.717) is 0 Å². The molecule has 1 fully saturated rings. The van der Waals surface area contributed by atoms with E-state index in [0.717, 1.165) is 25.9 Å². The van der Waals surface area contributed by atoms with Crippen LogP contribution in [0.1, 0.15) is 39.5 Å². The van der Waals surface area contributed by atoms with Crippen LogP contribution in [0.5, 0.6) is 0 Å². The second-order valence-corrected chi connectivity index (χ2v) is 5.36.